The Labute approximate surface area is 129 Å². The number of non-ortho nitro benzene ring substituents is 1. The summed E-state index contributed by atoms with van der Waals surface area (Å²) in [6.45, 7) is 0.328. The van der Waals surface area contributed by atoms with Crippen LogP contribution in [0.5, 0.6) is 0 Å². The lowest BCUT2D eigenvalue weighted by atomic mass is 10.2. The van der Waals surface area contributed by atoms with Gasteiger partial charge < -0.3 is 19.7 Å². The van der Waals surface area contributed by atoms with Crippen molar-refractivity contribution in [2.24, 2.45) is 0 Å². The minimum absolute atomic E-state index is 0.0639. The number of ether oxygens (including phenoxy) is 1. The van der Waals surface area contributed by atoms with Gasteiger partial charge in [0, 0.05) is 18.0 Å². The Morgan fingerprint density at radius 2 is 2.22 bits per heavy atom. The fraction of sp³-hybridized carbons (Fsp3) is 0.286. The van der Waals surface area contributed by atoms with Gasteiger partial charge in [-0.15, -0.1) is 0 Å². The Balaban J connectivity index is 1.91. The number of nitrogens with zero attached hydrogens (tertiary/aromatic N) is 2. The summed E-state index contributed by atoms with van der Waals surface area (Å²) in [5.74, 6) is -1.54. The van der Waals surface area contributed by atoms with E-state index in [0.29, 0.717) is 5.39 Å². The number of H-pyrrole nitrogens is 1. The van der Waals surface area contributed by atoms with Crippen LogP contribution in [-0.2, 0) is 9.53 Å². The number of carboxylic acid groups (broad SMARTS) is 1. The number of nitrogens with one attached hydrogen (secondary N) is 1. The minimum Gasteiger partial charge on any atom is -0.479 e. The first kappa shape index (κ1) is 15.0. The zero-order valence-electron chi connectivity index (χ0n) is 11.9. The minimum atomic E-state index is -1.13. The van der Waals surface area contributed by atoms with Crippen LogP contribution in [0.2, 0.25) is 0 Å². The molecule has 1 aliphatic heterocycles. The van der Waals surface area contributed by atoms with E-state index in [4.69, 9.17) is 9.84 Å². The normalized spacial score (nSPS) is 18.1. The Hall–Kier alpha value is -2.94. The summed E-state index contributed by atoms with van der Waals surface area (Å²) in [6.07, 6.45) is -1.06. The predicted octanol–water partition coefficient (Wildman–Crippen LogP) is 1.00. The van der Waals surface area contributed by atoms with Crippen LogP contribution >= 0.6 is 0 Å². The van der Waals surface area contributed by atoms with Crippen LogP contribution in [0, 0.1) is 10.1 Å². The smallest absolute Gasteiger partial charge is 0.334 e. The van der Waals surface area contributed by atoms with Crippen molar-refractivity contribution in [3.8, 4) is 0 Å². The van der Waals surface area contributed by atoms with E-state index in [1.165, 1.54) is 23.1 Å². The van der Waals surface area contributed by atoms with E-state index in [1.807, 2.05) is 0 Å². The lowest BCUT2D eigenvalue weighted by Gasteiger charge is -2.30. The number of hydrogen-bond donors (Lipinski definition) is 2. The topological polar surface area (TPSA) is 126 Å². The van der Waals surface area contributed by atoms with E-state index < -0.39 is 22.9 Å². The van der Waals surface area contributed by atoms with Crippen LogP contribution in [0.3, 0.4) is 0 Å². The molecule has 1 aromatic carbocycles. The highest BCUT2D eigenvalue weighted by Crippen LogP contribution is 2.26. The summed E-state index contributed by atoms with van der Waals surface area (Å²) in [5.41, 5.74) is 0.330. The standard InChI is InChI=1S/C14H13N3O6/c18-13(16-4-5-23-11(7-16)14(19)20)9-6-8-2-1-3-10(17(21)22)12(8)15-9/h1-3,6,11,15H,4-5,7H2,(H,19,20). The van der Waals surface area contributed by atoms with Crippen LogP contribution in [0.25, 0.3) is 10.9 Å². The summed E-state index contributed by atoms with van der Waals surface area (Å²) in [7, 11) is 0. The molecule has 120 valence electrons. The number of carbonyl (C=O) groups excluding carboxylic acids is 1. The molecule has 1 saturated heterocycles. The Morgan fingerprint density at radius 1 is 1.43 bits per heavy atom. The van der Waals surface area contributed by atoms with Gasteiger partial charge in [0.05, 0.1) is 18.1 Å². The number of rotatable bonds is 3. The van der Waals surface area contributed by atoms with Crippen molar-refractivity contribution >= 4 is 28.5 Å². The zero-order valence-corrected chi connectivity index (χ0v) is 11.9. The van der Waals surface area contributed by atoms with Crippen molar-refractivity contribution in [2.45, 2.75) is 6.10 Å². The molecule has 0 aliphatic carbocycles. The third-order valence-electron chi connectivity index (χ3n) is 3.69. The van der Waals surface area contributed by atoms with Crippen molar-refractivity contribution < 1.29 is 24.4 Å². The van der Waals surface area contributed by atoms with Crippen LogP contribution in [-0.4, -0.2) is 57.6 Å². The second kappa shape index (κ2) is 5.69. The van der Waals surface area contributed by atoms with E-state index in [0.717, 1.165) is 0 Å². The molecule has 0 saturated carbocycles. The van der Waals surface area contributed by atoms with E-state index in [1.54, 1.807) is 6.07 Å². The summed E-state index contributed by atoms with van der Waals surface area (Å²) >= 11 is 0. The number of fused-ring (bicyclic) bond motifs is 1. The second-order valence-electron chi connectivity index (χ2n) is 5.13. The number of amides is 1. The number of aromatic amines is 1. The van der Waals surface area contributed by atoms with Gasteiger partial charge in [-0.2, -0.15) is 0 Å². The van der Waals surface area contributed by atoms with Crippen molar-refractivity contribution in [3.05, 3.63) is 40.1 Å². The molecule has 2 heterocycles. The molecule has 1 unspecified atom stereocenters. The maximum absolute atomic E-state index is 12.5. The molecular weight excluding hydrogens is 306 g/mol. The molecule has 0 bridgehead atoms. The summed E-state index contributed by atoms with van der Waals surface area (Å²) in [4.78, 5) is 38.1. The highest BCUT2D eigenvalue weighted by Gasteiger charge is 2.30. The molecule has 1 atom stereocenters. The van der Waals surface area contributed by atoms with E-state index in [-0.39, 0.29) is 36.6 Å². The number of aliphatic carboxylic acids is 1. The van der Waals surface area contributed by atoms with Crippen molar-refractivity contribution in [1.29, 1.82) is 0 Å². The molecule has 2 aromatic rings. The summed E-state index contributed by atoms with van der Waals surface area (Å²) in [5, 5.41) is 20.5. The maximum atomic E-state index is 12.5. The molecular formula is C14H13N3O6. The number of hydrogen-bond acceptors (Lipinski definition) is 5. The molecule has 1 amide bonds. The molecule has 9 nitrogen and oxygen atoms in total. The summed E-state index contributed by atoms with van der Waals surface area (Å²) in [6, 6.07) is 6.07. The third-order valence-corrected chi connectivity index (χ3v) is 3.69. The van der Waals surface area contributed by atoms with Gasteiger partial charge in [0.15, 0.2) is 6.10 Å². The largest absolute Gasteiger partial charge is 0.479 e. The molecule has 23 heavy (non-hydrogen) atoms. The number of para-hydroxylation sites is 1. The number of aromatic nitrogens is 1. The zero-order chi connectivity index (χ0) is 16.6. The van der Waals surface area contributed by atoms with Crippen LogP contribution in [0.4, 0.5) is 5.69 Å². The molecule has 1 fully saturated rings. The highest BCUT2D eigenvalue weighted by atomic mass is 16.6. The molecule has 9 heteroatoms. The quantitative estimate of drug-likeness (QED) is 0.642. The van der Waals surface area contributed by atoms with Gasteiger partial charge >= 0.3 is 5.97 Å². The van der Waals surface area contributed by atoms with Gasteiger partial charge in [-0.1, -0.05) is 12.1 Å². The van der Waals surface area contributed by atoms with Gasteiger partial charge in [0.2, 0.25) is 0 Å². The van der Waals surface area contributed by atoms with Crippen LogP contribution < -0.4 is 0 Å². The van der Waals surface area contributed by atoms with Gasteiger partial charge in [-0.05, 0) is 6.07 Å². The SMILES string of the molecule is O=C(O)C1CN(C(=O)c2cc3cccc([N+](=O)[O-])c3[nH]2)CCO1. The Bertz CT molecular complexity index is 799. The number of nitro benzene ring substituents is 1. The molecule has 0 radical (unpaired) electrons. The lowest BCUT2D eigenvalue weighted by molar-refractivity contribution is -0.383. The molecule has 1 aromatic heterocycles. The molecule has 1 aliphatic rings. The fourth-order valence-corrected chi connectivity index (χ4v) is 2.56. The Kier molecular flexibility index (Phi) is 3.70. The average molecular weight is 319 g/mol. The van der Waals surface area contributed by atoms with Gasteiger partial charge in [-0.25, -0.2) is 4.79 Å². The lowest BCUT2D eigenvalue weighted by Crippen LogP contribution is -2.48. The maximum Gasteiger partial charge on any atom is 0.334 e. The first-order valence-electron chi connectivity index (χ1n) is 6.87. The number of nitro groups is 1. The third kappa shape index (κ3) is 2.73. The number of carbonyl (C=O) groups is 2. The van der Waals surface area contributed by atoms with E-state index in [9.17, 15) is 19.7 Å². The monoisotopic (exact) mass is 319 g/mol. The first-order chi connectivity index (χ1) is 11.0. The average Bonchev–Trinajstić information content (AvgIpc) is 2.97. The summed E-state index contributed by atoms with van der Waals surface area (Å²) < 4.78 is 5.07. The number of morpholine rings is 1. The predicted molar refractivity (Wildman–Crippen MR) is 78.2 cm³/mol. The molecule has 3 rings (SSSR count). The molecule has 2 N–H and O–H groups in total. The van der Waals surface area contributed by atoms with E-state index in [2.05, 4.69) is 4.98 Å². The van der Waals surface area contributed by atoms with Crippen molar-refractivity contribution in [2.75, 3.05) is 19.7 Å². The Morgan fingerprint density at radius 3 is 2.91 bits per heavy atom. The molecule has 0 spiro atoms. The number of benzene rings is 1. The van der Waals surface area contributed by atoms with Gasteiger partial charge in [0.1, 0.15) is 11.2 Å². The van der Waals surface area contributed by atoms with E-state index >= 15 is 0 Å². The van der Waals surface area contributed by atoms with Gasteiger partial charge in [-0.3, -0.25) is 14.9 Å². The second-order valence-corrected chi connectivity index (χ2v) is 5.13. The van der Waals surface area contributed by atoms with Gasteiger partial charge in [0.25, 0.3) is 11.6 Å². The number of carboxylic acids is 1. The van der Waals surface area contributed by atoms with Crippen molar-refractivity contribution in [3.63, 3.8) is 0 Å². The fourth-order valence-electron chi connectivity index (χ4n) is 2.56. The highest BCUT2D eigenvalue weighted by molar-refractivity contribution is 6.00. The van der Waals surface area contributed by atoms with Crippen LogP contribution in [0.1, 0.15) is 10.5 Å². The van der Waals surface area contributed by atoms with Crippen molar-refractivity contribution in [1.82, 2.24) is 9.88 Å². The first-order valence-corrected chi connectivity index (χ1v) is 6.87. The van der Waals surface area contributed by atoms with Crippen LogP contribution in [0.15, 0.2) is 24.3 Å².